The molecule has 2 aromatic rings. The van der Waals surface area contributed by atoms with Gasteiger partial charge in [0.1, 0.15) is 0 Å². The molecule has 0 aliphatic carbocycles. The van der Waals surface area contributed by atoms with Crippen LogP contribution in [0.15, 0.2) is 59.1 Å². The Kier molecular flexibility index (Phi) is 6.14. The lowest BCUT2D eigenvalue weighted by Crippen LogP contribution is -2.13. The highest BCUT2D eigenvalue weighted by Crippen LogP contribution is 2.29. The zero-order valence-corrected chi connectivity index (χ0v) is 14.3. The number of ether oxygens (including phenoxy) is 1. The number of ketones is 1. The maximum absolute atomic E-state index is 12.6. The maximum atomic E-state index is 12.6. The summed E-state index contributed by atoms with van der Waals surface area (Å²) in [6.07, 6.45) is -2.29. The molecule has 0 amide bonds. The molecule has 2 aromatic carbocycles. The summed E-state index contributed by atoms with van der Waals surface area (Å²) < 4.78 is 43.2. The van der Waals surface area contributed by atoms with Crippen LogP contribution in [0.2, 0.25) is 0 Å². The molecule has 0 radical (unpaired) electrons. The summed E-state index contributed by atoms with van der Waals surface area (Å²) in [5.74, 6) is -1.22. The van der Waals surface area contributed by atoms with Crippen molar-refractivity contribution in [2.24, 2.45) is 0 Å². The largest absolute Gasteiger partial charge is 0.454 e. The monoisotopic (exact) mass is 412 g/mol. The van der Waals surface area contributed by atoms with Crippen LogP contribution in [-0.2, 0) is 15.7 Å². The Morgan fingerprint density at radius 3 is 2.48 bits per heavy atom. The van der Waals surface area contributed by atoms with Gasteiger partial charge < -0.3 is 4.74 Å². The van der Waals surface area contributed by atoms with E-state index in [1.54, 1.807) is 24.3 Å². The molecule has 0 fully saturated rings. The van der Waals surface area contributed by atoms with Crippen molar-refractivity contribution in [2.75, 3.05) is 6.61 Å². The summed E-state index contributed by atoms with van der Waals surface area (Å²) in [7, 11) is 0. The number of halogens is 4. The second-order valence-corrected chi connectivity index (χ2v) is 5.82. The molecule has 3 nitrogen and oxygen atoms in total. The lowest BCUT2D eigenvalue weighted by Gasteiger charge is -2.06. The van der Waals surface area contributed by atoms with Crippen molar-refractivity contribution in [3.05, 3.63) is 75.8 Å². The van der Waals surface area contributed by atoms with Crippen molar-refractivity contribution < 1.29 is 27.5 Å². The van der Waals surface area contributed by atoms with Crippen LogP contribution >= 0.6 is 15.9 Å². The van der Waals surface area contributed by atoms with Gasteiger partial charge in [-0.1, -0.05) is 46.3 Å². The highest BCUT2D eigenvalue weighted by atomic mass is 79.9. The van der Waals surface area contributed by atoms with E-state index in [4.69, 9.17) is 4.74 Å². The molecular weight excluding hydrogens is 401 g/mol. The molecule has 0 saturated heterocycles. The predicted molar refractivity (Wildman–Crippen MR) is 89.9 cm³/mol. The number of rotatable bonds is 5. The van der Waals surface area contributed by atoms with Crippen LogP contribution in [-0.4, -0.2) is 18.4 Å². The number of alkyl halides is 3. The van der Waals surface area contributed by atoms with E-state index < -0.39 is 30.1 Å². The predicted octanol–water partition coefficient (Wildman–Crippen LogP) is 4.91. The normalized spacial score (nSPS) is 11.5. The molecule has 0 N–H and O–H groups in total. The van der Waals surface area contributed by atoms with E-state index in [9.17, 15) is 22.8 Å². The number of hydrogen-bond acceptors (Lipinski definition) is 3. The third-order valence-electron chi connectivity index (χ3n) is 3.15. The van der Waals surface area contributed by atoms with Crippen LogP contribution < -0.4 is 0 Å². The fourth-order valence-corrected chi connectivity index (χ4v) is 2.44. The number of esters is 1. The SMILES string of the molecule is O=C(C=Cc1cccc(C(F)(F)F)c1)OCC(=O)c1ccccc1Br. The molecule has 0 saturated carbocycles. The van der Waals surface area contributed by atoms with Gasteiger partial charge in [-0.25, -0.2) is 4.79 Å². The smallest absolute Gasteiger partial charge is 0.416 e. The van der Waals surface area contributed by atoms with Crippen LogP contribution in [0.4, 0.5) is 13.2 Å². The van der Waals surface area contributed by atoms with Gasteiger partial charge in [-0.05, 0) is 29.8 Å². The van der Waals surface area contributed by atoms with Crippen molar-refractivity contribution in [3.63, 3.8) is 0 Å². The Labute approximate surface area is 150 Å². The molecule has 25 heavy (non-hydrogen) atoms. The molecule has 0 atom stereocenters. The molecule has 0 bridgehead atoms. The van der Waals surface area contributed by atoms with Gasteiger partial charge in [0.05, 0.1) is 5.56 Å². The molecule has 2 rings (SSSR count). The Balaban J connectivity index is 1.95. The van der Waals surface area contributed by atoms with Crippen LogP contribution in [0.1, 0.15) is 21.5 Å². The molecule has 0 aromatic heterocycles. The highest BCUT2D eigenvalue weighted by molar-refractivity contribution is 9.10. The van der Waals surface area contributed by atoms with Crippen LogP contribution in [0, 0.1) is 0 Å². The standard InChI is InChI=1S/C18H12BrF3O3/c19-15-7-2-1-6-14(15)16(23)11-25-17(24)9-8-12-4-3-5-13(10-12)18(20,21)22/h1-10H,11H2. The lowest BCUT2D eigenvalue weighted by atomic mass is 10.1. The van der Waals surface area contributed by atoms with Gasteiger partial charge in [-0.2, -0.15) is 13.2 Å². The van der Waals surface area contributed by atoms with E-state index in [1.807, 2.05) is 0 Å². The first-order valence-electron chi connectivity index (χ1n) is 7.07. The molecule has 130 valence electrons. The van der Waals surface area contributed by atoms with Gasteiger partial charge in [0.25, 0.3) is 0 Å². The average molecular weight is 413 g/mol. The molecule has 0 aliphatic rings. The van der Waals surface area contributed by atoms with Crippen molar-refractivity contribution >= 4 is 33.8 Å². The van der Waals surface area contributed by atoms with Gasteiger partial charge in [-0.15, -0.1) is 0 Å². The third kappa shape index (κ3) is 5.56. The topological polar surface area (TPSA) is 43.4 Å². The number of carbonyl (C=O) groups excluding carboxylic acids is 2. The summed E-state index contributed by atoms with van der Waals surface area (Å²) >= 11 is 3.22. The van der Waals surface area contributed by atoms with Gasteiger partial charge in [0.2, 0.25) is 5.78 Å². The molecule has 0 heterocycles. The maximum Gasteiger partial charge on any atom is 0.416 e. The van der Waals surface area contributed by atoms with Crippen LogP contribution in [0.5, 0.6) is 0 Å². The fraction of sp³-hybridized carbons (Fsp3) is 0.111. The summed E-state index contributed by atoms with van der Waals surface area (Å²) in [6, 6.07) is 11.2. The van der Waals surface area contributed by atoms with Crippen LogP contribution in [0.25, 0.3) is 6.08 Å². The Morgan fingerprint density at radius 2 is 1.80 bits per heavy atom. The first-order valence-corrected chi connectivity index (χ1v) is 7.86. The molecule has 0 spiro atoms. The second-order valence-electron chi connectivity index (χ2n) is 4.97. The first kappa shape index (κ1) is 18.9. The number of carbonyl (C=O) groups is 2. The highest BCUT2D eigenvalue weighted by Gasteiger charge is 2.30. The van der Waals surface area contributed by atoms with E-state index in [0.717, 1.165) is 18.2 Å². The van der Waals surface area contributed by atoms with E-state index in [0.29, 0.717) is 10.0 Å². The zero-order chi connectivity index (χ0) is 18.4. The summed E-state index contributed by atoms with van der Waals surface area (Å²) in [6.45, 7) is -0.464. The molecule has 0 aliphatic heterocycles. The van der Waals surface area contributed by atoms with Crippen molar-refractivity contribution in [1.29, 1.82) is 0 Å². The van der Waals surface area contributed by atoms with E-state index in [-0.39, 0.29) is 5.56 Å². The number of hydrogen-bond donors (Lipinski definition) is 0. The van der Waals surface area contributed by atoms with Gasteiger partial charge >= 0.3 is 12.1 Å². The molecular formula is C18H12BrF3O3. The number of Topliss-reactive ketones (excluding diaryl/α,β-unsaturated/α-hetero) is 1. The second kappa shape index (κ2) is 8.11. The van der Waals surface area contributed by atoms with Crippen molar-refractivity contribution in [1.82, 2.24) is 0 Å². The minimum atomic E-state index is -4.46. The molecule has 0 unspecified atom stereocenters. The van der Waals surface area contributed by atoms with E-state index in [1.165, 1.54) is 18.2 Å². The Morgan fingerprint density at radius 1 is 1.08 bits per heavy atom. The van der Waals surface area contributed by atoms with Gasteiger partial charge in [-0.3, -0.25) is 4.79 Å². The van der Waals surface area contributed by atoms with Crippen LogP contribution in [0.3, 0.4) is 0 Å². The first-order chi connectivity index (χ1) is 11.8. The minimum absolute atomic E-state index is 0.198. The Hall–Kier alpha value is -2.41. The van der Waals surface area contributed by atoms with Gasteiger partial charge in [0, 0.05) is 16.1 Å². The summed E-state index contributed by atoms with van der Waals surface area (Å²) in [4.78, 5) is 23.6. The zero-order valence-electron chi connectivity index (χ0n) is 12.7. The van der Waals surface area contributed by atoms with Gasteiger partial charge in [0.15, 0.2) is 6.61 Å². The van der Waals surface area contributed by atoms with E-state index >= 15 is 0 Å². The molecule has 7 heteroatoms. The third-order valence-corrected chi connectivity index (χ3v) is 3.84. The summed E-state index contributed by atoms with van der Waals surface area (Å²) in [5, 5.41) is 0. The average Bonchev–Trinajstić information content (AvgIpc) is 2.58. The quantitative estimate of drug-likeness (QED) is 0.398. The summed E-state index contributed by atoms with van der Waals surface area (Å²) in [5.41, 5.74) is -0.242. The Bertz CT molecular complexity index is 813. The van der Waals surface area contributed by atoms with Crippen molar-refractivity contribution in [3.8, 4) is 0 Å². The number of benzene rings is 2. The lowest BCUT2D eigenvalue weighted by molar-refractivity contribution is -0.138. The van der Waals surface area contributed by atoms with Crippen molar-refractivity contribution in [2.45, 2.75) is 6.18 Å². The minimum Gasteiger partial charge on any atom is -0.454 e. The van der Waals surface area contributed by atoms with E-state index in [2.05, 4.69) is 15.9 Å². The fourth-order valence-electron chi connectivity index (χ4n) is 1.93.